The number of nitrogens with one attached hydrogen (secondary N) is 1. The number of aromatic nitrogens is 1. The average Bonchev–Trinajstić information content (AvgIpc) is 2.69. The fraction of sp³-hybridized carbons (Fsp3) is 0.400. The molecule has 2 heterocycles. The molecule has 0 aliphatic carbocycles. The highest BCUT2D eigenvalue weighted by atomic mass is 35.5. The summed E-state index contributed by atoms with van der Waals surface area (Å²) in [6.45, 7) is 5.81. The van der Waals surface area contributed by atoms with Crippen LogP contribution in [0.1, 0.15) is 18.1 Å². The monoisotopic (exact) mass is 372 g/mol. The number of carbonyl (C=O) groups is 1. The molecular formula is C20H25ClN4O. The van der Waals surface area contributed by atoms with Crippen molar-refractivity contribution in [1.82, 2.24) is 15.2 Å². The lowest BCUT2D eigenvalue weighted by molar-refractivity contribution is 0.194. The number of piperazine rings is 1. The minimum atomic E-state index is 0.0121. The molecule has 138 valence electrons. The van der Waals surface area contributed by atoms with E-state index in [-0.39, 0.29) is 6.03 Å². The molecule has 5 nitrogen and oxygen atoms in total. The molecule has 26 heavy (non-hydrogen) atoms. The lowest BCUT2D eigenvalue weighted by atomic mass is 10.1. The van der Waals surface area contributed by atoms with Gasteiger partial charge in [0.2, 0.25) is 0 Å². The van der Waals surface area contributed by atoms with E-state index in [2.05, 4.69) is 34.3 Å². The van der Waals surface area contributed by atoms with Gasteiger partial charge in [-0.25, -0.2) is 4.79 Å². The van der Waals surface area contributed by atoms with Gasteiger partial charge in [0.05, 0.1) is 0 Å². The smallest absolute Gasteiger partial charge is 0.317 e. The number of hydrogen-bond acceptors (Lipinski definition) is 3. The van der Waals surface area contributed by atoms with Crippen molar-refractivity contribution < 1.29 is 4.79 Å². The fourth-order valence-corrected chi connectivity index (χ4v) is 3.47. The highest BCUT2D eigenvalue weighted by Gasteiger charge is 2.21. The second-order valence-corrected chi connectivity index (χ2v) is 6.85. The topological polar surface area (TPSA) is 48.5 Å². The number of carbonyl (C=O) groups excluding carboxylic acids is 1. The molecule has 0 bridgehead atoms. The second kappa shape index (κ2) is 8.90. The predicted octanol–water partition coefficient (Wildman–Crippen LogP) is 3.37. The van der Waals surface area contributed by atoms with E-state index >= 15 is 0 Å². The summed E-state index contributed by atoms with van der Waals surface area (Å²) in [5.41, 5.74) is 3.48. The zero-order valence-corrected chi connectivity index (χ0v) is 15.9. The van der Waals surface area contributed by atoms with E-state index in [0.29, 0.717) is 19.6 Å². The van der Waals surface area contributed by atoms with Gasteiger partial charge in [0.25, 0.3) is 0 Å². The Morgan fingerprint density at radius 3 is 2.54 bits per heavy atom. The third kappa shape index (κ3) is 4.67. The summed E-state index contributed by atoms with van der Waals surface area (Å²) in [5, 5.41) is 3.83. The van der Waals surface area contributed by atoms with Crippen LogP contribution in [0.3, 0.4) is 0 Å². The molecule has 1 aliphatic rings. The summed E-state index contributed by atoms with van der Waals surface area (Å²) in [6, 6.07) is 10.2. The summed E-state index contributed by atoms with van der Waals surface area (Å²) in [6.07, 6.45) is 5.30. The quantitative estimate of drug-likeness (QED) is 0.875. The van der Waals surface area contributed by atoms with E-state index in [1.54, 1.807) is 12.4 Å². The molecule has 0 radical (unpaired) electrons. The van der Waals surface area contributed by atoms with E-state index in [9.17, 15) is 4.79 Å². The first kappa shape index (κ1) is 18.5. The number of amides is 2. The average molecular weight is 373 g/mol. The van der Waals surface area contributed by atoms with Crippen LogP contribution in [0.15, 0.2) is 42.7 Å². The number of aryl methyl sites for hydroxylation is 1. The van der Waals surface area contributed by atoms with Gasteiger partial charge in [0.1, 0.15) is 0 Å². The number of nitrogens with zero attached hydrogens (tertiary/aromatic N) is 3. The summed E-state index contributed by atoms with van der Waals surface area (Å²) in [7, 11) is 0. The molecule has 1 N–H and O–H groups in total. The minimum absolute atomic E-state index is 0.0121. The Bertz CT molecular complexity index is 730. The summed E-state index contributed by atoms with van der Waals surface area (Å²) < 4.78 is 0. The summed E-state index contributed by atoms with van der Waals surface area (Å²) in [4.78, 5) is 20.5. The van der Waals surface area contributed by atoms with Crippen molar-refractivity contribution in [2.24, 2.45) is 0 Å². The Labute approximate surface area is 160 Å². The number of halogens is 1. The second-order valence-electron chi connectivity index (χ2n) is 6.44. The predicted molar refractivity (Wildman–Crippen MR) is 106 cm³/mol. The van der Waals surface area contributed by atoms with Gasteiger partial charge >= 0.3 is 6.03 Å². The Morgan fingerprint density at radius 1 is 1.15 bits per heavy atom. The van der Waals surface area contributed by atoms with Crippen LogP contribution < -0.4 is 10.2 Å². The maximum absolute atomic E-state index is 12.3. The fourth-order valence-electron chi connectivity index (χ4n) is 3.16. The van der Waals surface area contributed by atoms with Crippen LogP contribution in [0.5, 0.6) is 0 Å². The molecular weight excluding hydrogens is 348 g/mol. The van der Waals surface area contributed by atoms with Gasteiger partial charge in [-0.1, -0.05) is 24.6 Å². The van der Waals surface area contributed by atoms with Crippen molar-refractivity contribution in [1.29, 1.82) is 0 Å². The molecule has 0 unspecified atom stereocenters. The normalized spacial score (nSPS) is 14.4. The van der Waals surface area contributed by atoms with Crippen molar-refractivity contribution in [2.45, 2.75) is 19.8 Å². The number of anilines is 1. The number of pyridine rings is 1. The van der Waals surface area contributed by atoms with Crippen molar-refractivity contribution >= 4 is 23.3 Å². The lowest BCUT2D eigenvalue weighted by Crippen LogP contribution is -2.52. The first-order valence-corrected chi connectivity index (χ1v) is 9.50. The third-order valence-corrected chi connectivity index (χ3v) is 5.14. The van der Waals surface area contributed by atoms with Gasteiger partial charge < -0.3 is 15.1 Å². The number of urea groups is 1. The van der Waals surface area contributed by atoms with Gasteiger partial charge in [-0.2, -0.15) is 0 Å². The van der Waals surface area contributed by atoms with Crippen molar-refractivity contribution in [3.8, 4) is 0 Å². The van der Waals surface area contributed by atoms with Crippen molar-refractivity contribution in [3.05, 3.63) is 58.9 Å². The summed E-state index contributed by atoms with van der Waals surface area (Å²) in [5.74, 6) is 0. The van der Waals surface area contributed by atoms with Gasteiger partial charge in [-0.3, -0.25) is 4.98 Å². The molecule has 1 aromatic heterocycles. The van der Waals surface area contributed by atoms with Gasteiger partial charge in [0.15, 0.2) is 0 Å². The molecule has 6 heteroatoms. The van der Waals surface area contributed by atoms with Crippen molar-refractivity contribution in [3.63, 3.8) is 0 Å². The highest BCUT2D eigenvalue weighted by Crippen LogP contribution is 2.25. The maximum atomic E-state index is 12.3. The Morgan fingerprint density at radius 2 is 1.88 bits per heavy atom. The van der Waals surface area contributed by atoms with Crippen LogP contribution in [-0.2, 0) is 12.8 Å². The molecule has 1 aliphatic heterocycles. The van der Waals surface area contributed by atoms with Gasteiger partial charge in [-0.05, 0) is 48.2 Å². The first-order chi connectivity index (χ1) is 12.7. The Hall–Kier alpha value is -2.27. The van der Waals surface area contributed by atoms with Crippen LogP contribution in [0.4, 0.5) is 10.5 Å². The largest absolute Gasteiger partial charge is 0.368 e. The van der Waals surface area contributed by atoms with Crippen LogP contribution in [-0.4, -0.2) is 48.6 Å². The molecule has 0 spiro atoms. The zero-order chi connectivity index (χ0) is 18.4. The van der Waals surface area contributed by atoms with Crippen LogP contribution in [0.25, 0.3) is 0 Å². The highest BCUT2D eigenvalue weighted by molar-refractivity contribution is 6.31. The Balaban J connectivity index is 1.45. The van der Waals surface area contributed by atoms with Crippen molar-refractivity contribution in [2.75, 3.05) is 37.6 Å². The van der Waals surface area contributed by atoms with Gasteiger partial charge in [-0.15, -0.1) is 0 Å². The standard InChI is InChI=1S/C20H25ClN4O/c1-2-17-3-4-18(15-19(17)21)24-11-13-25(14-12-24)20(26)23-10-7-16-5-8-22-9-6-16/h3-6,8-9,15H,2,7,10-14H2,1H3,(H,23,26). The lowest BCUT2D eigenvalue weighted by Gasteiger charge is -2.36. The number of benzene rings is 1. The van der Waals surface area contributed by atoms with E-state index in [0.717, 1.165) is 36.6 Å². The molecule has 1 fully saturated rings. The molecule has 3 rings (SSSR count). The third-order valence-electron chi connectivity index (χ3n) is 4.79. The minimum Gasteiger partial charge on any atom is -0.368 e. The van der Waals surface area contributed by atoms with Crippen LogP contribution >= 0.6 is 11.6 Å². The van der Waals surface area contributed by atoms with E-state index in [1.807, 2.05) is 23.1 Å². The first-order valence-electron chi connectivity index (χ1n) is 9.12. The molecule has 1 aromatic carbocycles. The SMILES string of the molecule is CCc1ccc(N2CCN(C(=O)NCCc3ccncc3)CC2)cc1Cl. The van der Waals surface area contributed by atoms with Gasteiger partial charge in [0, 0.05) is 55.8 Å². The van der Waals surface area contributed by atoms with Crippen LogP contribution in [0, 0.1) is 0 Å². The molecule has 2 aromatic rings. The van der Waals surface area contributed by atoms with E-state index in [4.69, 9.17) is 11.6 Å². The molecule has 2 amide bonds. The zero-order valence-electron chi connectivity index (χ0n) is 15.1. The number of hydrogen-bond donors (Lipinski definition) is 1. The van der Waals surface area contributed by atoms with E-state index < -0.39 is 0 Å². The Kier molecular flexibility index (Phi) is 6.34. The van der Waals surface area contributed by atoms with Crippen LogP contribution in [0.2, 0.25) is 5.02 Å². The van der Waals surface area contributed by atoms with E-state index in [1.165, 1.54) is 11.1 Å². The summed E-state index contributed by atoms with van der Waals surface area (Å²) >= 11 is 6.33. The molecule has 1 saturated heterocycles. The molecule has 0 saturated carbocycles. The molecule has 0 atom stereocenters. The number of rotatable bonds is 5. The maximum Gasteiger partial charge on any atom is 0.317 e.